The van der Waals surface area contributed by atoms with Gasteiger partial charge in [-0.2, -0.15) is 5.26 Å². The van der Waals surface area contributed by atoms with Crippen molar-refractivity contribution < 1.29 is 0 Å². The van der Waals surface area contributed by atoms with E-state index >= 15 is 0 Å². The molecule has 0 atom stereocenters. The van der Waals surface area contributed by atoms with Gasteiger partial charge in [0.25, 0.3) is 0 Å². The van der Waals surface area contributed by atoms with Crippen LogP contribution >= 0.6 is 0 Å². The average Bonchev–Trinajstić information content (AvgIpc) is 2.77. The third-order valence-electron chi connectivity index (χ3n) is 2.29. The average molecular weight is 146 g/mol. The summed E-state index contributed by atoms with van der Waals surface area (Å²) >= 11 is 0. The van der Waals surface area contributed by atoms with Crippen molar-refractivity contribution in [1.82, 2.24) is 4.98 Å². The van der Waals surface area contributed by atoms with Crippen LogP contribution in [0, 0.1) is 18.3 Å². The van der Waals surface area contributed by atoms with E-state index in [2.05, 4.69) is 11.1 Å². The lowest BCUT2D eigenvalue weighted by Crippen LogP contribution is -1.82. The molecule has 0 bridgehead atoms. The molecule has 0 unspecified atom stereocenters. The highest BCUT2D eigenvalue weighted by Gasteiger charge is 2.27. The zero-order valence-corrected chi connectivity index (χ0v) is 6.52. The molecule has 1 aliphatic rings. The van der Waals surface area contributed by atoms with Crippen LogP contribution in [0.1, 0.15) is 35.6 Å². The number of nitrogens with zero attached hydrogens (tertiary/aromatic N) is 1. The van der Waals surface area contributed by atoms with E-state index in [4.69, 9.17) is 5.26 Å². The van der Waals surface area contributed by atoms with Crippen molar-refractivity contribution >= 4 is 0 Å². The fourth-order valence-corrected chi connectivity index (χ4v) is 1.42. The van der Waals surface area contributed by atoms with Crippen LogP contribution in [0.5, 0.6) is 0 Å². The highest BCUT2D eigenvalue weighted by Crippen LogP contribution is 2.41. The SMILES string of the molecule is Cc1c(C#N)c[nH]c1C1CC1. The topological polar surface area (TPSA) is 39.6 Å². The first-order chi connectivity index (χ1) is 5.33. The summed E-state index contributed by atoms with van der Waals surface area (Å²) in [6, 6.07) is 2.17. The van der Waals surface area contributed by atoms with Gasteiger partial charge in [0.05, 0.1) is 5.56 Å². The Labute approximate surface area is 65.9 Å². The van der Waals surface area contributed by atoms with E-state index in [-0.39, 0.29) is 0 Å². The standard InChI is InChI=1S/C9H10N2/c1-6-8(4-10)5-11-9(6)7-2-3-7/h5,7,11H,2-3H2,1H3. The van der Waals surface area contributed by atoms with Crippen molar-refractivity contribution in [2.45, 2.75) is 25.7 Å². The van der Waals surface area contributed by atoms with E-state index in [0.29, 0.717) is 0 Å². The molecule has 0 aliphatic heterocycles. The Morgan fingerprint density at radius 2 is 2.36 bits per heavy atom. The quantitative estimate of drug-likeness (QED) is 0.647. The van der Waals surface area contributed by atoms with Gasteiger partial charge in [-0.25, -0.2) is 0 Å². The number of rotatable bonds is 1. The molecule has 0 radical (unpaired) electrons. The first kappa shape index (κ1) is 6.48. The largest absolute Gasteiger partial charge is 0.363 e. The Kier molecular flexibility index (Phi) is 1.25. The molecule has 0 saturated heterocycles. The molecule has 0 aromatic carbocycles. The van der Waals surface area contributed by atoms with E-state index in [0.717, 1.165) is 17.0 Å². The van der Waals surface area contributed by atoms with Crippen molar-refractivity contribution in [1.29, 1.82) is 5.26 Å². The Balaban J connectivity index is 2.42. The number of hydrogen-bond acceptors (Lipinski definition) is 1. The number of hydrogen-bond donors (Lipinski definition) is 1. The normalized spacial score (nSPS) is 16.4. The molecular formula is C9H10N2. The number of H-pyrrole nitrogens is 1. The van der Waals surface area contributed by atoms with Gasteiger partial charge in [0.1, 0.15) is 6.07 Å². The molecule has 1 fully saturated rings. The monoisotopic (exact) mass is 146 g/mol. The van der Waals surface area contributed by atoms with Crippen LogP contribution in [-0.4, -0.2) is 4.98 Å². The lowest BCUT2D eigenvalue weighted by atomic mass is 10.1. The first-order valence-electron chi connectivity index (χ1n) is 3.91. The van der Waals surface area contributed by atoms with Crippen LogP contribution in [0.25, 0.3) is 0 Å². The Bertz CT molecular complexity index is 313. The molecule has 2 nitrogen and oxygen atoms in total. The van der Waals surface area contributed by atoms with Gasteiger partial charge in [-0.15, -0.1) is 0 Å². The van der Waals surface area contributed by atoms with Gasteiger partial charge < -0.3 is 4.98 Å². The molecule has 2 heteroatoms. The molecule has 11 heavy (non-hydrogen) atoms. The summed E-state index contributed by atoms with van der Waals surface area (Å²) in [7, 11) is 0. The van der Waals surface area contributed by atoms with E-state index in [1.54, 1.807) is 0 Å². The van der Waals surface area contributed by atoms with Gasteiger partial charge in [0, 0.05) is 11.9 Å². The lowest BCUT2D eigenvalue weighted by Gasteiger charge is -1.93. The summed E-state index contributed by atoms with van der Waals surface area (Å²) in [6.07, 6.45) is 4.38. The van der Waals surface area contributed by atoms with E-state index in [1.165, 1.54) is 18.5 Å². The van der Waals surface area contributed by atoms with Crippen LogP contribution in [0.3, 0.4) is 0 Å². The zero-order valence-electron chi connectivity index (χ0n) is 6.52. The third-order valence-corrected chi connectivity index (χ3v) is 2.29. The van der Waals surface area contributed by atoms with E-state index in [9.17, 15) is 0 Å². The van der Waals surface area contributed by atoms with Gasteiger partial charge in [0.15, 0.2) is 0 Å². The Hall–Kier alpha value is -1.23. The van der Waals surface area contributed by atoms with Crippen LogP contribution < -0.4 is 0 Å². The Morgan fingerprint density at radius 1 is 1.64 bits per heavy atom. The van der Waals surface area contributed by atoms with Crippen molar-refractivity contribution in [3.05, 3.63) is 23.0 Å². The first-order valence-corrected chi connectivity index (χ1v) is 3.91. The van der Waals surface area contributed by atoms with Crippen LogP contribution in [0.2, 0.25) is 0 Å². The minimum atomic E-state index is 0.720. The highest BCUT2D eigenvalue weighted by molar-refractivity contribution is 5.41. The molecule has 2 rings (SSSR count). The summed E-state index contributed by atoms with van der Waals surface area (Å²) < 4.78 is 0. The molecule has 1 saturated carbocycles. The zero-order chi connectivity index (χ0) is 7.84. The fraction of sp³-hybridized carbons (Fsp3) is 0.444. The third kappa shape index (κ3) is 0.932. The molecular weight excluding hydrogens is 136 g/mol. The lowest BCUT2D eigenvalue weighted by molar-refractivity contribution is 1.03. The van der Waals surface area contributed by atoms with Crippen LogP contribution in [0.15, 0.2) is 6.20 Å². The van der Waals surface area contributed by atoms with Crippen molar-refractivity contribution in [3.8, 4) is 6.07 Å². The fourth-order valence-electron chi connectivity index (χ4n) is 1.42. The molecule has 1 aromatic heterocycles. The molecule has 1 heterocycles. The second-order valence-corrected chi connectivity index (χ2v) is 3.13. The molecule has 1 aromatic rings. The maximum atomic E-state index is 8.66. The summed E-state index contributed by atoms with van der Waals surface area (Å²) in [6.45, 7) is 2.02. The summed E-state index contributed by atoms with van der Waals surface area (Å²) in [5.41, 5.74) is 3.23. The molecule has 0 amide bonds. The maximum Gasteiger partial charge on any atom is 0.101 e. The summed E-state index contributed by atoms with van der Waals surface area (Å²) in [5.74, 6) is 0.720. The number of aromatic nitrogens is 1. The minimum Gasteiger partial charge on any atom is -0.363 e. The van der Waals surface area contributed by atoms with Crippen molar-refractivity contribution in [3.63, 3.8) is 0 Å². The van der Waals surface area contributed by atoms with Crippen molar-refractivity contribution in [2.24, 2.45) is 0 Å². The van der Waals surface area contributed by atoms with Gasteiger partial charge in [-0.3, -0.25) is 0 Å². The predicted octanol–water partition coefficient (Wildman–Crippen LogP) is 2.07. The molecule has 1 N–H and O–H groups in total. The van der Waals surface area contributed by atoms with E-state index in [1.807, 2.05) is 13.1 Å². The maximum absolute atomic E-state index is 8.66. The Morgan fingerprint density at radius 3 is 2.82 bits per heavy atom. The van der Waals surface area contributed by atoms with Gasteiger partial charge in [-0.05, 0) is 31.2 Å². The van der Waals surface area contributed by atoms with Crippen LogP contribution in [0.4, 0.5) is 0 Å². The van der Waals surface area contributed by atoms with Gasteiger partial charge in [-0.1, -0.05) is 0 Å². The molecule has 0 spiro atoms. The second-order valence-electron chi connectivity index (χ2n) is 3.13. The predicted molar refractivity (Wildman–Crippen MR) is 42.2 cm³/mol. The molecule has 56 valence electrons. The van der Waals surface area contributed by atoms with Crippen molar-refractivity contribution in [2.75, 3.05) is 0 Å². The second kappa shape index (κ2) is 2.13. The molecule has 1 aliphatic carbocycles. The number of aromatic amines is 1. The minimum absolute atomic E-state index is 0.720. The van der Waals surface area contributed by atoms with Crippen LogP contribution in [-0.2, 0) is 0 Å². The summed E-state index contributed by atoms with van der Waals surface area (Å²) in [5, 5.41) is 8.66. The smallest absolute Gasteiger partial charge is 0.101 e. The highest BCUT2D eigenvalue weighted by atomic mass is 14.7. The van der Waals surface area contributed by atoms with Gasteiger partial charge in [0.2, 0.25) is 0 Å². The van der Waals surface area contributed by atoms with Gasteiger partial charge >= 0.3 is 0 Å². The van der Waals surface area contributed by atoms with E-state index < -0.39 is 0 Å². The number of nitriles is 1. The summed E-state index contributed by atoms with van der Waals surface area (Å²) in [4.78, 5) is 3.16. The number of nitrogens with one attached hydrogen (secondary N) is 1.